The highest BCUT2D eigenvalue weighted by Gasteiger charge is 2.22. The fourth-order valence-corrected chi connectivity index (χ4v) is 4.57. The molecular formula is C25H21ClN4O6S. The summed E-state index contributed by atoms with van der Waals surface area (Å²) >= 11 is 5.90. The molecular weight excluding hydrogens is 520 g/mol. The second-order valence-corrected chi connectivity index (χ2v) is 9.96. The molecule has 0 aliphatic rings. The van der Waals surface area contributed by atoms with E-state index < -0.39 is 22.0 Å². The molecule has 0 atom stereocenters. The number of ether oxygens (including phenoxy) is 2. The van der Waals surface area contributed by atoms with Crippen LogP contribution >= 0.6 is 11.6 Å². The molecule has 0 saturated carbocycles. The molecule has 0 amide bonds. The van der Waals surface area contributed by atoms with Gasteiger partial charge in [0.25, 0.3) is 10.0 Å². The fraction of sp³-hybridized carbons (Fsp3) is 0.120. The van der Waals surface area contributed by atoms with Crippen LogP contribution in [0.5, 0.6) is 0 Å². The van der Waals surface area contributed by atoms with E-state index in [1.807, 2.05) is 13.0 Å². The maximum Gasteiger partial charge on any atom is 0.339 e. The van der Waals surface area contributed by atoms with Gasteiger partial charge in [-0.2, -0.15) is 0 Å². The van der Waals surface area contributed by atoms with Gasteiger partial charge in [-0.25, -0.2) is 28.0 Å². The lowest BCUT2D eigenvalue weighted by molar-refractivity contribution is 0.0587. The van der Waals surface area contributed by atoms with Gasteiger partial charge in [0, 0.05) is 5.02 Å². The van der Waals surface area contributed by atoms with E-state index >= 15 is 0 Å². The maximum atomic E-state index is 13.1. The van der Waals surface area contributed by atoms with Gasteiger partial charge >= 0.3 is 11.9 Å². The van der Waals surface area contributed by atoms with Gasteiger partial charge in [-0.1, -0.05) is 17.7 Å². The van der Waals surface area contributed by atoms with Crippen LogP contribution in [0.4, 0.5) is 17.3 Å². The van der Waals surface area contributed by atoms with Crippen molar-refractivity contribution in [3.05, 3.63) is 82.4 Å². The Bertz CT molecular complexity index is 1620. The normalized spacial score (nSPS) is 11.1. The highest BCUT2D eigenvalue weighted by molar-refractivity contribution is 7.92. The smallest absolute Gasteiger partial charge is 0.339 e. The molecule has 2 N–H and O–H groups in total. The summed E-state index contributed by atoms with van der Waals surface area (Å²) in [6.07, 6.45) is 0. The summed E-state index contributed by atoms with van der Waals surface area (Å²) in [5, 5.41) is 3.32. The quantitative estimate of drug-likeness (QED) is 0.319. The second kappa shape index (κ2) is 10.4. The second-order valence-electron chi connectivity index (χ2n) is 7.84. The van der Waals surface area contributed by atoms with Crippen LogP contribution in [0.1, 0.15) is 26.3 Å². The van der Waals surface area contributed by atoms with E-state index in [0.29, 0.717) is 16.1 Å². The largest absolute Gasteiger partial charge is 0.465 e. The van der Waals surface area contributed by atoms with Crippen LogP contribution in [0.25, 0.3) is 11.0 Å². The average molecular weight is 541 g/mol. The van der Waals surface area contributed by atoms with Crippen molar-refractivity contribution in [2.45, 2.75) is 11.8 Å². The zero-order chi connectivity index (χ0) is 26.7. The Morgan fingerprint density at radius 3 is 2.19 bits per heavy atom. The van der Waals surface area contributed by atoms with Crippen molar-refractivity contribution in [1.29, 1.82) is 0 Å². The molecule has 190 valence electrons. The number of methoxy groups -OCH3 is 2. The number of carbonyl (C=O) groups excluding carboxylic acids is 2. The zero-order valence-electron chi connectivity index (χ0n) is 19.9. The Hall–Kier alpha value is -4.22. The van der Waals surface area contributed by atoms with E-state index in [-0.39, 0.29) is 33.3 Å². The summed E-state index contributed by atoms with van der Waals surface area (Å²) in [4.78, 5) is 33.5. The number of nitrogens with zero attached hydrogens (tertiary/aromatic N) is 2. The molecule has 3 aromatic carbocycles. The summed E-state index contributed by atoms with van der Waals surface area (Å²) in [5.74, 6) is -1.47. The first-order chi connectivity index (χ1) is 17.6. The molecule has 0 aliphatic heterocycles. The van der Waals surface area contributed by atoms with Crippen molar-refractivity contribution in [1.82, 2.24) is 9.97 Å². The first-order valence-electron chi connectivity index (χ1n) is 10.8. The van der Waals surface area contributed by atoms with Gasteiger partial charge in [-0.3, -0.25) is 4.72 Å². The van der Waals surface area contributed by atoms with E-state index in [2.05, 4.69) is 20.0 Å². The highest BCUT2D eigenvalue weighted by Crippen LogP contribution is 2.30. The minimum absolute atomic E-state index is 0.0113. The lowest BCUT2D eigenvalue weighted by atomic mass is 10.1. The molecule has 4 aromatic rings. The van der Waals surface area contributed by atoms with Crippen molar-refractivity contribution in [2.75, 3.05) is 24.3 Å². The summed E-state index contributed by atoms with van der Waals surface area (Å²) in [7, 11) is -1.66. The standard InChI is InChI=1S/C25H21ClN4O6S/c1-14-4-11-19-21(12-14)29-22(23(27-19)30-37(33,34)17-8-6-16(26)7-9-17)28-20-13-15(24(31)35-2)5-10-18(20)25(32)36-3/h4-13H,1-3H3,(H,27,30)(H,28,29). The van der Waals surface area contributed by atoms with Crippen LogP contribution in [0.3, 0.4) is 0 Å². The third-order valence-corrected chi connectivity index (χ3v) is 6.88. The van der Waals surface area contributed by atoms with Crippen LogP contribution in [0.2, 0.25) is 5.02 Å². The maximum absolute atomic E-state index is 13.1. The van der Waals surface area contributed by atoms with E-state index in [0.717, 1.165) is 5.56 Å². The molecule has 1 aromatic heterocycles. The molecule has 1 heterocycles. The SMILES string of the molecule is COC(=O)c1ccc(C(=O)OC)c(Nc2nc3cc(C)ccc3nc2NS(=O)(=O)c2ccc(Cl)cc2)c1. The lowest BCUT2D eigenvalue weighted by Crippen LogP contribution is -2.16. The Labute approximate surface area is 217 Å². The number of nitrogens with one attached hydrogen (secondary N) is 2. The Morgan fingerprint density at radius 2 is 1.51 bits per heavy atom. The molecule has 10 nitrogen and oxygen atoms in total. The van der Waals surface area contributed by atoms with E-state index in [4.69, 9.17) is 21.1 Å². The highest BCUT2D eigenvalue weighted by atomic mass is 35.5. The Morgan fingerprint density at radius 1 is 0.838 bits per heavy atom. The molecule has 0 saturated heterocycles. The Balaban J connectivity index is 1.86. The van der Waals surface area contributed by atoms with Crippen LogP contribution in [0.15, 0.2) is 65.6 Å². The number of hydrogen-bond acceptors (Lipinski definition) is 9. The van der Waals surface area contributed by atoms with Gasteiger partial charge < -0.3 is 14.8 Å². The third-order valence-electron chi connectivity index (χ3n) is 5.27. The Kier molecular flexibility index (Phi) is 7.28. The predicted octanol–water partition coefficient (Wildman–Crippen LogP) is 4.71. The molecule has 0 radical (unpaired) electrons. The molecule has 0 fully saturated rings. The van der Waals surface area contributed by atoms with Gasteiger partial charge in [0.2, 0.25) is 0 Å². The van der Waals surface area contributed by atoms with E-state index in [9.17, 15) is 18.0 Å². The minimum Gasteiger partial charge on any atom is -0.465 e. The molecule has 0 bridgehead atoms. The molecule has 12 heteroatoms. The fourth-order valence-electron chi connectivity index (χ4n) is 3.43. The van der Waals surface area contributed by atoms with Gasteiger partial charge in [0.1, 0.15) is 0 Å². The van der Waals surface area contributed by atoms with Gasteiger partial charge in [0.05, 0.1) is 47.0 Å². The van der Waals surface area contributed by atoms with Crippen molar-refractivity contribution in [3.8, 4) is 0 Å². The first kappa shape index (κ1) is 25.9. The lowest BCUT2D eigenvalue weighted by Gasteiger charge is -2.16. The zero-order valence-corrected chi connectivity index (χ0v) is 21.5. The van der Waals surface area contributed by atoms with Crippen molar-refractivity contribution in [3.63, 3.8) is 0 Å². The molecule has 37 heavy (non-hydrogen) atoms. The predicted molar refractivity (Wildman–Crippen MR) is 139 cm³/mol. The minimum atomic E-state index is -4.10. The van der Waals surface area contributed by atoms with E-state index in [1.165, 1.54) is 56.7 Å². The number of rotatable bonds is 7. The van der Waals surface area contributed by atoms with Gasteiger partial charge in [-0.05, 0) is 67.1 Å². The third kappa shape index (κ3) is 5.63. The van der Waals surface area contributed by atoms with Crippen molar-refractivity contribution >= 4 is 61.9 Å². The summed E-state index contributed by atoms with van der Waals surface area (Å²) in [6, 6.07) is 15.1. The molecule has 0 unspecified atom stereocenters. The molecule has 4 rings (SSSR count). The summed E-state index contributed by atoms with van der Waals surface area (Å²) in [5.41, 5.74) is 2.16. The van der Waals surface area contributed by atoms with Gasteiger partial charge in [0.15, 0.2) is 11.6 Å². The number of carbonyl (C=O) groups is 2. The van der Waals surface area contributed by atoms with Crippen LogP contribution in [0, 0.1) is 6.92 Å². The summed E-state index contributed by atoms with van der Waals surface area (Å²) < 4.78 is 38.3. The van der Waals surface area contributed by atoms with E-state index in [1.54, 1.807) is 12.1 Å². The number of fused-ring (bicyclic) bond motifs is 1. The number of aryl methyl sites for hydroxylation is 1. The van der Waals surface area contributed by atoms with Crippen LogP contribution in [-0.4, -0.2) is 44.5 Å². The number of sulfonamides is 1. The molecule has 0 spiro atoms. The monoisotopic (exact) mass is 540 g/mol. The summed E-state index contributed by atoms with van der Waals surface area (Å²) in [6.45, 7) is 1.88. The van der Waals surface area contributed by atoms with Crippen LogP contribution in [-0.2, 0) is 19.5 Å². The van der Waals surface area contributed by atoms with Crippen molar-refractivity contribution < 1.29 is 27.5 Å². The topological polar surface area (TPSA) is 137 Å². The first-order valence-corrected chi connectivity index (χ1v) is 12.6. The number of aromatic nitrogens is 2. The number of hydrogen-bond donors (Lipinski definition) is 2. The van der Waals surface area contributed by atoms with Gasteiger partial charge in [-0.15, -0.1) is 0 Å². The number of halogens is 1. The number of esters is 2. The van der Waals surface area contributed by atoms with Crippen molar-refractivity contribution in [2.24, 2.45) is 0 Å². The van der Waals surface area contributed by atoms with Crippen LogP contribution < -0.4 is 10.0 Å². The number of benzene rings is 3. The average Bonchev–Trinajstić information content (AvgIpc) is 2.88. The number of anilines is 3. The molecule has 0 aliphatic carbocycles.